The van der Waals surface area contributed by atoms with Crippen molar-refractivity contribution in [3.63, 3.8) is 0 Å². The molecule has 184 valence electrons. The van der Waals surface area contributed by atoms with Gasteiger partial charge in [-0.05, 0) is 90.8 Å². The van der Waals surface area contributed by atoms with Gasteiger partial charge in [-0.3, -0.25) is 0 Å². The van der Waals surface area contributed by atoms with Crippen molar-refractivity contribution in [2.75, 3.05) is 39.8 Å². The largest absolute Gasteiger partial charge is 0.497 e. The van der Waals surface area contributed by atoms with Gasteiger partial charge in [0.2, 0.25) is 0 Å². The van der Waals surface area contributed by atoms with Gasteiger partial charge in [0, 0.05) is 17.3 Å². The Kier molecular flexibility index (Phi) is 7.88. The summed E-state index contributed by atoms with van der Waals surface area (Å²) < 4.78 is 22.6. The molecular weight excluding hydrogens is 484 g/mol. The minimum atomic E-state index is -0.139. The molecule has 0 fully saturated rings. The standard InChI is InChI=1S/C27H29ClN2O4S/c1-17-22(28)6-5-7-23(17)29-27(35)30-13-12-18-14-25(32-3)26(33-4)15-21(18)24(30)16-34-20-10-8-19(31-2)9-11-20/h5-11,14-15,24H,12-13,16H2,1-4H3,(H,29,35)/t24-/m1/s1. The maximum Gasteiger partial charge on any atom is 0.174 e. The molecule has 0 radical (unpaired) electrons. The molecule has 1 atom stereocenters. The SMILES string of the molecule is COc1ccc(OC[C@@H]2c3cc(OC)c(OC)cc3CCN2C(=S)Nc2cccc(Cl)c2C)cc1. The van der Waals surface area contributed by atoms with Crippen LogP contribution in [0.3, 0.4) is 0 Å². The molecule has 0 amide bonds. The topological polar surface area (TPSA) is 52.2 Å². The van der Waals surface area contributed by atoms with Crippen molar-refractivity contribution >= 4 is 34.6 Å². The van der Waals surface area contributed by atoms with Crippen LogP contribution in [0.25, 0.3) is 0 Å². The Morgan fingerprint density at radius 3 is 2.37 bits per heavy atom. The highest BCUT2D eigenvalue weighted by molar-refractivity contribution is 7.80. The third-order valence-corrected chi connectivity index (χ3v) is 6.99. The van der Waals surface area contributed by atoms with E-state index in [0.717, 1.165) is 41.3 Å². The number of nitrogens with zero attached hydrogens (tertiary/aromatic N) is 1. The van der Waals surface area contributed by atoms with E-state index >= 15 is 0 Å². The maximum atomic E-state index is 6.33. The summed E-state index contributed by atoms with van der Waals surface area (Å²) in [6, 6.07) is 17.2. The minimum absolute atomic E-state index is 0.139. The average Bonchev–Trinajstić information content (AvgIpc) is 2.89. The number of benzene rings is 3. The second kappa shape index (κ2) is 11.1. The molecule has 1 N–H and O–H groups in total. The highest BCUT2D eigenvalue weighted by atomic mass is 35.5. The van der Waals surface area contributed by atoms with Crippen LogP contribution in [0.15, 0.2) is 54.6 Å². The van der Waals surface area contributed by atoms with Gasteiger partial charge < -0.3 is 29.2 Å². The second-order valence-corrected chi connectivity index (χ2v) is 8.99. The Bertz CT molecular complexity index is 1200. The van der Waals surface area contributed by atoms with E-state index in [4.69, 9.17) is 42.8 Å². The summed E-state index contributed by atoms with van der Waals surface area (Å²) in [5.74, 6) is 2.92. The number of ether oxygens (including phenoxy) is 4. The highest BCUT2D eigenvalue weighted by Gasteiger charge is 2.31. The Hall–Kier alpha value is -3.16. The van der Waals surface area contributed by atoms with Crippen LogP contribution in [0.5, 0.6) is 23.0 Å². The summed E-state index contributed by atoms with van der Waals surface area (Å²) in [6.45, 7) is 3.09. The van der Waals surface area contributed by atoms with Gasteiger partial charge in [0.1, 0.15) is 18.1 Å². The number of rotatable bonds is 7. The van der Waals surface area contributed by atoms with Gasteiger partial charge in [0.05, 0.1) is 27.4 Å². The molecule has 35 heavy (non-hydrogen) atoms. The molecule has 0 saturated heterocycles. The first-order chi connectivity index (χ1) is 16.9. The van der Waals surface area contributed by atoms with Crippen LogP contribution in [0.4, 0.5) is 5.69 Å². The summed E-state index contributed by atoms with van der Waals surface area (Å²) in [7, 11) is 4.93. The molecule has 4 rings (SSSR count). The van der Waals surface area contributed by atoms with Crippen molar-refractivity contribution in [2.24, 2.45) is 0 Å². The van der Waals surface area contributed by atoms with Gasteiger partial charge in [-0.2, -0.15) is 0 Å². The van der Waals surface area contributed by atoms with Crippen molar-refractivity contribution in [2.45, 2.75) is 19.4 Å². The van der Waals surface area contributed by atoms with Gasteiger partial charge in [-0.25, -0.2) is 0 Å². The smallest absolute Gasteiger partial charge is 0.174 e. The predicted octanol–water partition coefficient (Wildman–Crippen LogP) is 6.05. The van der Waals surface area contributed by atoms with Crippen LogP contribution in [-0.2, 0) is 6.42 Å². The lowest BCUT2D eigenvalue weighted by Crippen LogP contribution is -2.44. The van der Waals surface area contributed by atoms with Crippen LogP contribution in [0.2, 0.25) is 5.02 Å². The summed E-state index contributed by atoms with van der Waals surface area (Å²) in [4.78, 5) is 2.16. The number of halogens is 1. The van der Waals surface area contributed by atoms with E-state index in [1.54, 1.807) is 21.3 Å². The van der Waals surface area contributed by atoms with Crippen LogP contribution in [0, 0.1) is 6.92 Å². The van der Waals surface area contributed by atoms with Crippen molar-refractivity contribution in [3.05, 3.63) is 76.3 Å². The molecule has 1 heterocycles. The zero-order valence-corrected chi connectivity index (χ0v) is 21.8. The van der Waals surface area contributed by atoms with E-state index in [1.165, 1.54) is 5.56 Å². The van der Waals surface area contributed by atoms with E-state index in [9.17, 15) is 0 Å². The fourth-order valence-corrected chi connectivity index (χ4v) is 4.73. The highest BCUT2D eigenvalue weighted by Crippen LogP contribution is 2.39. The summed E-state index contributed by atoms with van der Waals surface area (Å²) in [6.07, 6.45) is 0.811. The molecule has 3 aromatic rings. The lowest BCUT2D eigenvalue weighted by atomic mass is 9.92. The van der Waals surface area contributed by atoms with Crippen molar-refractivity contribution in [1.29, 1.82) is 0 Å². The van der Waals surface area contributed by atoms with Gasteiger partial charge in [0.25, 0.3) is 0 Å². The number of fused-ring (bicyclic) bond motifs is 1. The number of hydrogen-bond donors (Lipinski definition) is 1. The Labute approximate surface area is 216 Å². The first-order valence-electron chi connectivity index (χ1n) is 11.3. The van der Waals surface area contributed by atoms with E-state index < -0.39 is 0 Å². The van der Waals surface area contributed by atoms with E-state index in [1.807, 2.05) is 61.5 Å². The maximum absolute atomic E-state index is 6.33. The number of anilines is 1. The number of hydrogen-bond acceptors (Lipinski definition) is 5. The number of thiocarbonyl (C=S) groups is 1. The van der Waals surface area contributed by atoms with Gasteiger partial charge in [0.15, 0.2) is 16.6 Å². The van der Waals surface area contributed by atoms with Crippen LogP contribution < -0.4 is 24.3 Å². The third-order valence-electron chi connectivity index (χ3n) is 6.24. The molecule has 0 bridgehead atoms. The van der Waals surface area contributed by atoms with Gasteiger partial charge in [-0.1, -0.05) is 17.7 Å². The van der Waals surface area contributed by atoms with E-state index in [0.29, 0.717) is 28.2 Å². The molecule has 1 aliphatic rings. The molecule has 0 aromatic heterocycles. The quantitative estimate of drug-likeness (QED) is 0.387. The zero-order valence-electron chi connectivity index (χ0n) is 20.3. The summed E-state index contributed by atoms with van der Waals surface area (Å²) in [5.41, 5.74) is 4.11. The second-order valence-electron chi connectivity index (χ2n) is 8.19. The predicted molar refractivity (Wildman–Crippen MR) is 144 cm³/mol. The first-order valence-corrected chi connectivity index (χ1v) is 12.1. The number of nitrogens with one attached hydrogen (secondary N) is 1. The molecule has 1 aliphatic heterocycles. The normalized spacial score (nSPS) is 14.7. The third kappa shape index (κ3) is 5.41. The van der Waals surface area contributed by atoms with Crippen molar-refractivity contribution in [3.8, 4) is 23.0 Å². The van der Waals surface area contributed by atoms with E-state index in [-0.39, 0.29) is 6.04 Å². The zero-order chi connectivity index (χ0) is 24.9. The van der Waals surface area contributed by atoms with Crippen LogP contribution >= 0.6 is 23.8 Å². The first kappa shape index (κ1) is 24.9. The average molecular weight is 513 g/mol. The van der Waals surface area contributed by atoms with Crippen molar-refractivity contribution < 1.29 is 18.9 Å². The molecule has 8 heteroatoms. The molecule has 6 nitrogen and oxygen atoms in total. The lowest BCUT2D eigenvalue weighted by molar-refractivity contribution is 0.190. The van der Waals surface area contributed by atoms with Crippen molar-refractivity contribution in [1.82, 2.24) is 4.90 Å². The van der Waals surface area contributed by atoms with Gasteiger partial charge >= 0.3 is 0 Å². The summed E-state index contributed by atoms with van der Waals surface area (Å²) >= 11 is 12.2. The minimum Gasteiger partial charge on any atom is -0.497 e. The molecule has 0 aliphatic carbocycles. The van der Waals surface area contributed by atoms with E-state index in [2.05, 4.69) is 10.2 Å². The van der Waals surface area contributed by atoms with Crippen LogP contribution in [0.1, 0.15) is 22.7 Å². The molecular formula is C27H29ClN2O4S. The van der Waals surface area contributed by atoms with Gasteiger partial charge in [-0.15, -0.1) is 0 Å². The monoisotopic (exact) mass is 512 g/mol. The fourth-order valence-electron chi connectivity index (χ4n) is 4.23. The molecule has 0 saturated carbocycles. The molecule has 3 aromatic carbocycles. The van der Waals surface area contributed by atoms with Crippen LogP contribution in [-0.4, -0.2) is 44.5 Å². The number of methoxy groups -OCH3 is 3. The lowest BCUT2D eigenvalue weighted by Gasteiger charge is -2.39. The Balaban J connectivity index is 1.65. The molecule has 0 spiro atoms. The molecule has 0 unspecified atom stereocenters. The fraction of sp³-hybridized carbons (Fsp3) is 0.296. The Morgan fingerprint density at radius 1 is 1.00 bits per heavy atom. The summed E-state index contributed by atoms with van der Waals surface area (Å²) in [5, 5.41) is 4.69. The Morgan fingerprint density at radius 2 is 1.69 bits per heavy atom.